The third-order valence-corrected chi connectivity index (χ3v) is 3.62. The van der Waals surface area contributed by atoms with Gasteiger partial charge in [0.2, 0.25) is 5.89 Å². The second-order valence-electron chi connectivity index (χ2n) is 5.48. The largest absolute Gasteiger partial charge is 0.484 e. The van der Waals surface area contributed by atoms with Crippen LogP contribution in [0.3, 0.4) is 0 Å². The molecule has 0 spiro atoms. The van der Waals surface area contributed by atoms with E-state index in [9.17, 15) is 9.59 Å². The predicted molar refractivity (Wildman–Crippen MR) is 90.5 cm³/mol. The number of hydrogen-bond donors (Lipinski definition) is 0. The summed E-state index contributed by atoms with van der Waals surface area (Å²) in [7, 11) is 1.26. The fourth-order valence-electron chi connectivity index (χ4n) is 2.05. The molecule has 0 fully saturated rings. The van der Waals surface area contributed by atoms with Gasteiger partial charge in [-0.3, -0.25) is 4.79 Å². The van der Waals surface area contributed by atoms with Gasteiger partial charge in [0.15, 0.2) is 12.3 Å². The van der Waals surface area contributed by atoms with Gasteiger partial charge in [0.05, 0.1) is 13.7 Å². The average molecular weight is 367 g/mol. The van der Waals surface area contributed by atoms with E-state index in [2.05, 4.69) is 9.72 Å². The molecule has 0 aliphatic carbocycles. The van der Waals surface area contributed by atoms with Gasteiger partial charge in [-0.25, -0.2) is 9.78 Å². The van der Waals surface area contributed by atoms with Gasteiger partial charge in [-0.05, 0) is 38.1 Å². The summed E-state index contributed by atoms with van der Waals surface area (Å²) in [5.74, 6) is -0.0363. The maximum atomic E-state index is 12.4. The molecule has 0 bridgehead atoms. The summed E-state index contributed by atoms with van der Waals surface area (Å²) in [6.07, 6.45) is 1.20. The van der Waals surface area contributed by atoms with Gasteiger partial charge >= 0.3 is 5.97 Å². The maximum absolute atomic E-state index is 12.4. The summed E-state index contributed by atoms with van der Waals surface area (Å²) in [6, 6.07) is 6.64. The number of aromatic nitrogens is 1. The van der Waals surface area contributed by atoms with Crippen LogP contribution in [0.25, 0.3) is 0 Å². The standard InChI is InChI=1S/C17H19ClN2O5/c1-11(2)20(8-15-19-14(9-25-15)17(22)23-3)16(21)10-24-13-6-4-12(18)5-7-13/h4-7,9,11H,8,10H2,1-3H3. The Balaban J connectivity index is 1.99. The molecule has 7 nitrogen and oxygen atoms in total. The quantitative estimate of drug-likeness (QED) is 0.701. The topological polar surface area (TPSA) is 81.9 Å². The van der Waals surface area contributed by atoms with E-state index in [0.717, 1.165) is 0 Å². The summed E-state index contributed by atoms with van der Waals surface area (Å²) in [5.41, 5.74) is 0.0612. The zero-order valence-corrected chi connectivity index (χ0v) is 14.9. The molecule has 8 heteroatoms. The molecule has 1 heterocycles. The zero-order valence-electron chi connectivity index (χ0n) is 14.2. The Morgan fingerprint density at radius 1 is 1.28 bits per heavy atom. The van der Waals surface area contributed by atoms with E-state index < -0.39 is 5.97 Å². The Labute approximate surface area is 150 Å². The lowest BCUT2D eigenvalue weighted by Crippen LogP contribution is -2.39. The highest BCUT2D eigenvalue weighted by molar-refractivity contribution is 6.30. The molecule has 0 aliphatic heterocycles. The molecule has 0 unspecified atom stereocenters. The van der Waals surface area contributed by atoms with Crippen LogP contribution in [0.4, 0.5) is 0 Å². The molecule has 0 saturated heterocycles. The van der Waals surface area contributed by atoms with E-state index in [4.69, 9.17) is 20.8 Å². The van der Waals surface area contributed by atoms with Gasteiger partial charge in [-0.2, -0.15) is 0 Å². The molecule has 1 aromatic carbocycles. The summed E-state index contributed by atoms with van der Waals surface area (Å²) >= 11 is 5.81. The molecule has 0 aliphatic rings. The maximum Gasteiger partial charge on any atom is 0.360 e. The highest BCUT2D eigenvalue weighted by Gasteiger charge is 2.21. The van der Waals surface area contributed by atoms with Crippen molar-refractivity contribution in [3.05, 3.63) is 47.1 Å². The normalized spacial score (nSPS) is 10.6. The number of halogens is 1. The van der Waals surface area contributed by atoms with Crippen LogP contribution in [0.1, 0.15) is 30.2 Å². The molecule has 134 valence electrons. The number of esters is 1. The molecule has 0 atom stereocenters. The minimum atomic E-state index is -0.594. The van der Waals surface area contributed by atoms with Crippen LogP contribution in [-0.4, -0.2) is 41.5 Å². The van der Waals surface area contributed by atoms with E-state index in [1.807, 2.05) is 13.8 Å². The number of carbonyl (C=O) groups excluding carboxylic acids is 2. The average Bonchev–Trinajstić information content (AvgIpc) is 3.06. The number of ether oxygens (including phenoxy) is 2. The molecule has 0 N–H and O–H groups in total. The second-order valence-corrected chi connectivity index (χ2v) is 5.91. The van der Waals surface area contributed by atoms with Crippen molar-refractivity contribution in [3.8, 4) is 5.75 Å². The van der Waals surface area contributed by atoms with Gasteiger partial charge in [-0.1, -0.05) is 11.6 Å². The molecule has 2 aromatic rings. The third-order valence-electron chi connectivity index (χ3n) is 3.37. The highest BCUT2D eigenvalue weighted by Crippen LogP contribution is 2.16. The van der Waals surface area contributed by atoms with Crippen LogP contribution in [0.15, 0.2) is 34.9 Å². The Morgan fingerprint density at radius 3 is 2.56 bits per heavy atom. The lowest BCUT2D eigenvalue weighted by Gasteiger charge is -2.25. The van der Waals surface area contributed by atoms with E-state index in [-0.39, 0.29) is 36.7 Å². The number of nitrogens with zero attached hydrogens (tertiary/aromatic N) is 2. The Morgan fingerprint density at radius 2 is 1.96 bits per heavy atom. The fraction of sp³-hybridized carbons (Fsp3) is 0.353. The summed E-state index contributed by atoms with van der Waals surface area (Å²) in [5, 5.41) is 0.591. The van der Waals surface area contributed by atoms with E-state index in [1.54, 1.807) is 29.2 Å². The van der Waals surface area contributed by atoms with Gasteiger partial charge < -0.3 is 18.8 Å². The van der Waals surface area contributed by atoms with Crippen LogP contribution in [0.5, 0.6) is 5.75 Å². The zero-order chi connectivity index (χ0) is 18.4. The Kier molecular flexibility index (Phi) is 6.41. The van der Waals surface area contributed by atoms with Crippen molar-refractivity contribution in [3.63, 3.8) is 0 Å². The summed E-state index contributed by atoms with van der Waals surface area (Å²) in [6.45, 7) is 3.72. The lowest BCUT2D eigenvalue weighted by molar-refractivity contribution is -0.136. The van der Waals surface area contributed by atoms with Crippen molar-refractivity contribution in [2.24, 2.45) is 0 Å². The molecule has 1 aromatic heterocycles. The third kappa shape index (κ3) is 5.22. The number of rotatable bonds is 7. The number of hydrogen-bond acceptors (Lipinski definition) is 6. The predicted octanol–water partition coefficient (Wildman–Crippen LogP) is 2.93. The van der Waals surface area contributed by atoms with Crippen molar-refractivity contribution in [2.45, 2.75) is 26.4 Å². The SMILES string of the molecule is COC(=O)c1coc(CN(C(=O)COc2ccc(Cl)cc2)C(C)C)n1. The summed E-state index contributed by atoms with van der Waals surface area (Å²) < 4.78 is 15.3. The minimum absolute atomic E-state index is 0.0612. The molecule has 1 amide bonds. The second kappa shape index (κ2) is 8.53. The van der Waals surface area contributed by atoms with Crippen LogP contribution in [0, 0.1) is 0 Å². The van der Waals surface area contributed by atoms with E-state index >= 15 is 0 Å². The summed E-state index contributed by atoms with van der Waals surface area (Å²) in [4.78, 5) is 29.4. The number of benzene rings is 1. The first kappa shape index (κ1) is 18.8. The van der Waals surface area contributed by atoms with Gasteiger partial charge in [0.25, 0.3) is 5.91 Å². The fourth-order valence-corrected chi connectivity index (χ4v) is 2.17. The van der Waals surface area contributed by atoms with Crippen LogP contribution >= 0.6 is 11.6 Å². The van der Waals surface area contributed by atoms with E-state index in [1.165, 1.54) is 13.4 Å². The smallest absolute Gasteiger partial charge is 0.360 e. The molecule has 0 radical (unpaired) electrons. The van der Waals surface area contributed by atoms with E-state index in [0.29, 0.717) is 10.8 Å². The first-order chi connectivity index (χ1) is 11.9. The lowest BCUT2D eigenvalue weighted by atomic mass is 10.3. The first-order valence-corrected chi connectivity index (χ1v) is 7.99. The molecular weight excluding hydrogens is 348 g/mol. The molecule has 2 rings (SSSR count). The molecule has 0 saturated carbocycles. The Bertz CT molecular complexity index is 727. The van der Waals surface area contributed by atoms with Gasteiger partial charge in [0.1, 0.15) is 12.0 Å². The van der Waals surface area contributed by atoms with Crippen molar-refractivity contribution < 1.29 is 23.5 Å². The number of methoxy groups -OCH3 is 1. The number of oxazole rings is 1. The van der Waals surface area contributed by atoms with Gasteiger partial charge in [0, 0.05) is 11.1 Å². The highest BCUT2D eigenvalue weighted by atomic mass is 35.5. The minimum Gasteiger partial charge on any atom is -0.484 e. The van der Waals surface area contributed by atoms with Crippen molar-refractivity contribution in [1.29, 1.82) is 0 Å². The monoisotopic (exact) mass is 366 g/mol. The molecular formula is C17H19ClN2O5. The van der Waals surface area contributed by atoms with Gasteiger partial charge in [-0.15, -0.1) is 0 Å². The first-order valence-electron chi connectivity index (χ1n) is 7.61. The van der Waals surface area contributed by atoms with Crippen molar-refractivity contribution in [2.75, 3.05) is 13.7 Å². The van der Waals surface area contributed by atoms with Crippen LogP contribution in [0.2, 0.25) is 5.02 Å². The van der Waals surface area contributed by atoms with Crippen LogP contribution in [-0.2, 0) is 16.1 Å². The van der Waals surface area contributed by atoms with Crippen molar-refractivity contribution in [1.82, 2.24) is 9.88 Å². The molecule has 25 heavy (non-hydrogen) atoms. The number of amides is 1. The number of carbonyl (C=O) groups is 2. The van der Waals surface area contributed by atoms with Crippen LogP contribution < -0.4 is 4.74 Å². The Hall–Kier alpha value is -2.54. The van der Waals surface area contributed by atoms with Crippen molar-refractivity contribution >= 4 is 23.5 Å².